The smallest absolute Gasteiger partial charge is 0.000556 e. The number of nitrogens with two attached hydrogens (primary N) is 1. The standard InChI is InChI=1S/C19H31N/c1-14-6-5-7-16(12-14)18(13-20)15-8-10-17(11-9-15)19(2,3)4/h8-11,14,16,18H,5-7,12-13,20H2,1-4H3. The van der Waals surface area contributed by atoms with Crippen LogP contribution >= 0.6 is 0 Å². The van der Waals surface area contributed by atoms with E-state index in [1.165, 1.54) is 36.8 Å². The van der Waals surface area contributed by atoms with Crippen LogP contribution in [0.2, 0.25) is 0 Å². The van der Waals surface area contributed by atoms with Gasteiger partial charge < -0.3 is 5.73 Å². The molecule has 1 heteroatoms. The third-order valence-corrected chi connectivity index (χ3v) is 5.00. The Morgan fingerprint density at radius 3 is 2.30 bits per heavy atom. The lowest BCUT2D eigenvalue weighted by Gasteiger charge is -2.33. The average molecular weight is 273 g/mol. The van der Waals surface area contributed by atoms with Gasteiger partial charge in [0.2, 0.25) is 0 Å². The van der Waals surface area contributed by atoms with Crippen molar-refractivity contribution in [3.05, 3.63) is 35.4 Å². The van der Waals surface area contributed by atoms with Crippen LogP contribution in [-0.2, 0) is 5.41 Å². The van der Waals surface area contributed by atoms with Crippen LogP contribution in [0.1, 0.15) is 70.4 Å². The highest BCUT2D eigenvalue weighted by Gasteiger charge is 2.27. The molecule has 0 aliphatic heterocycles. The molecular weight excluding hydrogens is 242 g/mol. The van der Waals surface area contributed by atoms with Crippen LogP contribution in [0.5, 0.6) is 0 Å². The Bertz CT molecular complexity index is 412. The minimum Gasteiger partial charge on any atom is -0.330 e. The van der Waals surface area contributed by atoms with Gasteiger partial charge in [-0.2, -0.15) is 0 Å². The lowest BCUT2D eigenvalue weighted by atomic mass is 9.73. The second-order valence-corrected chi connectivity index (χ2v) is 7.75. The molecule has 1 saturated carbocycles. The van der Waals surface area contributed by atoms with Crippen molar-refractivity contribution in [3.63, 3.8) is 0 Å². The van der Waals surface area contributed by atoms with Crippen molar-refractivity contribution in [1.82, 2.24) is 0 Å². The van der Waals surface area contributed by atoms with Crippen LogP contribution in [0, 0.1) is 11.8 Å². The molecule has 2 rings (SSSR count). The monoisotopic (exact) mass is 273 g/mol. The van der Waals surface area contributed by atoms with Gasteiger partial charge in [-0.15, -0.1) is 0 Å². The molecule has 1 fully saturated rings. The third-order valence-electron chi connectivity index (χ3n) is 5.00. The van der Waals surface area contributed by atoms with E-state index >= 15 is 0 Å². The van der Waals surface area contributed by atoms with Gasteiger partial charge in [0.05, 0.1) is 0 Å². The molecule has 0 bridgehead atoms. The van der Waals surface area contributed by atoms with E-state index in [1.54, 1.807) is 0 Å². The van der Waals surface area contributed by atoms with E-state index in [1.807, 2.05) is 0 Å². The van der Waals surface area contributed by atoms with Crippen LogP contribution in [-0.4, -0.2) is 6.54 Å². The SMILES string of the molecule is CC1CCCC(C(CN)c2ccc(C(C)(C)C)cc2)C1. The van der Waals surface area contributed by atoms with E-state index in [0.29, 0.717) is 5.92 Å². The van der Waals surface area contributed by atoms with E-state index in [2.05, 4.69) is 52.0 Å². The summed E-state index contributed by atoms with van der Waals surface area (Å²) in [4.78, 5) is 0. The molecule has 1 aromatic rings. The number of hydrogen-bond donors (Lipinski definition) is 1. The van der Waals surface area contributed by atoms with E-state index in [-0.39, 0.29) is 5.41 Å². The second-order valence-electron chi connectivity index (χ2n) is 7.75. The third kappa shape index (κ3) is 3.63. The number of hydrogen-bond acceptors (Lipinski definition) is 1. The zero-order valence-electron chi connectivity index (χ0n) is 13.7. The topological polar surface area (TPSA) is 26.0 Å². The highest BCUT2D eigenvalue weighted by Crippen LogP contribution is 2.38. The first-order chi connectivity index (χ1) is 9.41. The van der Waals surface area contributed by atoms with Crippen LogP contribution in [0.4, 0.5) is 0 Å². The van der Waals surface area contributed by atoms with Gasteiger partial charge in [-0.05, 0) is 53.7 Å². The Morgan fingerprint density at radius 1 is 1.15 bits per heavy atom. The molecular formula is C19H31N. The van der Waals surface area contributed by atoms with E-state index in [0.717, 1.165) is 18.4 Å². The summed E-state index contributed by atoms with van der Waals surface area (Å²) in [6.07, 6.45) is 5.48. The summed E-state index contributed by atoms with van der Waals surface area (Å²) in [6, 6.07) is 9.23. The molecule has 20 heavy (non-hydrogen) atoms. The second kappa shape index (κ2) is 6.30. The molecule has 3 unspecified atom stereocenters. The molecule has 3 atom stereocenters. The fourth-order valence-electron chi connectivity index (χ4n) is 3.68. The first kappa shape index (κ1) is 15.6. The summed E-state index contributed by atoms with van der Waals surface area (Å²) in [5.74, 6) is 2.20. The molecule has 0 saturated heterocycles. The Labute approximate surface area is 125 Å². The largest absolute Gasteiger partial charge is 0.330 e. The van der Waals surface area contributed by atoms with Crippen LogP contribution < -0.4 is 5.73 Å². The van der Waals surface area contributed by atoms with Crippen molar-refractivity contribution >= 4 is 0 Å². The maximum atomic E-state index is 6.10. The van der Waals surface area contributed by atoms with Gasteiger partial charge in [0.15, 0.2) is 0 Å². The quantitative estimate of drug-likeness (QED) is 0.837. The normalized spacial score (nSPS) is 25.4. The molecule has 0 radical (unpaired) electrons. The highest BCUT2D eigenvalue weighted by molar-refractivity contribution is 5.30. The molecule has 0 aromatic heterocycles. The predicted octanol–water partition coefficient (Wildman–Crippen LogP) is 4.85. The highest BCUT2D eigenvalue weighted by atomic mass is 14.6. The Kier molecular flexibility index (Phi) is 4.90. The molecule has 0 amide bonds. The van der Waals surface area contributed by atoms with Crippen molar-refractivity contribution in [2.45, 2.75) is 64.7 Å². The minimum absolute atomic E-state index is 0.232. The Balaban J connectivity index is 2.15. The molecule has 0 heterocycles. The lowest BCUT2D eigenvalue weighted by molar-refractivity contribution is 0.248. The van der Waals surface area contributed by atoms with Crippen molar-refractivity contribution in [2.24, 2.45) is 17.6 Å². The van der Waals surface area contributed by atoms with Crippen LogP contribution in [0.3, 0.4) is 0 Å². The van der Waals surface area contributed by atoms with Crippen LogP contribution in [0.25, 0.3) is 0 Å². The average Bonchev–Trinajstić information content (AvgIpc) is 2.39. The summed E-state index contributed by atoms with van der Waals surface area (Å²) < 4.78 is 0. The van der Waals surface area contributed by atoms with Gasteiger partial charge in [0.1, 0.15) is 0 Å². The van der Waals surface area contributed by atoms with Gasteiger partial charge in [-0.3, -0.25) is 0 Å². The minimum atomic E-state index is 0.232. The van der Waals surface area contributed by atoms with Gasteiger partial charge in [0.25, 0.3) is 0 Å². The zero-order chi connectivity index (χ0) is 14.8. The first-order valence-corrected chi connectivity index (χ1v) is 8.22. The summed E-state index contributed by atoms with van der Waals surface area (Å²) in [6.45, 7) is 9.98. The van der Waals surface area contributed by atoms with Gasteiger partial charge >= 0.3 is 0 Å². The molecule has 112 valence electrons. The van der Waals surface area contributed by atoms with E-state index in [4.69, 9.17) is 5.73 Å². The van der Waals surface area contributed by atoms with Crippen molar-refractivity contribution < 1.29 is 0 Å². The van der Waals surface area contributed by atoms with Gasteiger partial charge in [-0.1, -0.05) is 64.8 Å². The molecule has 1 aliphatic rings. The molecule has 1 nitrogen and oxygen atoms in total. The Morgan fingerprint density at radius 2 is 1.80 bits per heavy atom. The molecule has 0 spiro atoms. The number of rotatable bonds is 3. The molecule has 1 aromatic carbocycles. The summed E-state index contributed by atoms with van der Waals surface area (Å²) in [5, 5.41) is 0. The molecule has 1 aliphatic carbocycles. The van der Waals surface area contributed by atoms with E-state index < -0.39 is 0 Å². The fourth-order valence-corrected chi connectivity index (χ4v) is 3.68. The number of benzene rings is 1. The zero-order valence-corrected chi connectivity index (χ0v) is 13.7. The van der Waals surface area contributed by atoms with Gasteiger partial charge in [0, 0.05) is 0 Å². The Hall–Kier alpha value is -0.820. The van der Waals surface area contributed by atoms with Crippen molar-refractivity contribution in [1.29, 1.82) is 0 Å². The summed E-state index contributed by atoms with van der Waals surface area (Å²) >= 11 is 0. The fraction of sp³-hybridized carbons (Fsp3) is 0.684. The summed E-state index contributed by atoms with van der Waals surface area (Å²) in [5.41, 5.74) is 9.19. The van der Waals surface area contributed by atoms with Crippen molar-refractivity contribution in [3.8, 4) is 0 Å². The maximum absolute atomic E-state index is 6.10. The lowest BCUT2D eigenvalue weighted by Crippen LogP contribution is -2.26. The maximum Gasteiger partial charge on any atom is -0.000556 e. The van der Waals surface area contributed by atoms with Crippen LogP contribution in [0.15, 0.2) is 24.3 Å². The first-order valence-electron chi connectivity index (χ1n) is 8.22. The summed E-state index contributed by atoms with van der Waals surface area (Å²) in [7, 11) is 0. The van der Waals surface area contributed by atoms with Crippen molar-refractivity contribution in [2.75, 3.05) is 6.54 Å². The molecule has 2 N–H and O–H groups in total. The van der Waals surface area contributed by atoms with Gasteiger partial charge in [-0.25, -0.2) is 0 Å². The predicted molar refractivity (Wildman–Crippen MR) is 88.1 cm³/mol. The van der Waals surface area contributed by atoms with E-state index in [9.17, 15) is 0 Å².